The molecule has 0 fully saturated rings. The van der Waals surface area contributed by atoms with Crippen molar-refractivity contribution in [2.75, 3.05) is 5.75 Å². The number of rotatable bonds is 7. The van der Waals surface area contributed by atoms with E-state index in [1.165, 1.54) is 17.8 Å². The lowest BCUT2D eigenvalue weighted by Gasteiger charge is -2.12. The Morgan fingerprint density at radius 1 is 1.36 bits per heavy atom. The molecule has 0 spiro atoms. The molecule has 1 aromatic heterocycles. The number of benzene rings is 1. The number of nitrogens with one attached hydrogen (secondary N) is 1. The topological polar surface area (TPSA) is 46.9 Å². The highest BCUT2D eigenvalue weighted by molar-refractivity contribution is 7.99. The molecule has 1 heterocycles. The number of alkyl halides is 3. The van der Waals surface area contributed by atoms with E-state index in [1.54, 1.807) is 4.57 Å². The van der Waals surface area contributed by atoms with E-state index in [1.807, 2.05) is 20.8 Å². The molecule has 138 valence electrons. The van der Waals surface area contributed by atoms with Gasteiger partial charge in [0.25, 0.3) is 0 Å². The largest absolute Gasteiger partial charge is 0.416 e. The summed E-state index contributed by atoms with van der Waals surface area (Å²) in [5.74, 6) is 0.0780. The van der Waals surface area contributed by atoms with Crippen molar-refractivity contribution in [2.45, 2.75) is 57.5 Å². The third-order valence-electron chi connectivity index (χ3n) is 3.84. The number of imidazole rings is 1. The molecule has 2 aromatic rings. The quantitative estimate of drug-likeness (QED) is 0.729. The summed E-state index contributed by atoms with van der Waals surface area (Å²) in [6.45, 7) is 6.40. The van der Waals surface area contributed by atoms with E-state index < -0.39 is 11.7 Å². The number of halogens is 3. The van der Waals surface area contributed by atoms with Crippen LogP contribution in [0, 0.1) is 0 Å². The summed E-state index contributed by atoms with van der Waals surface area (Å²) in [7, 11) is 0. The summed E-state index contributed by atoms with van der Waals surface area (Å²) in [4.78, 5) is 16.3. The molecule has 0 saturated carbocycles. The molecule has 0 saturated heterocycles. The summed E-state index contributed by atoms with van der Waals surface area (Å²) in [5, 5.41) is 3.43. The Morgan fingerprint density at radius 3 is 2.68 bits per heavy atom. The number of fused-ring (bicyclic) bond motifs is 1. The first kappa shape index (κ1) is 19.6. The van der Waals surface area contributed by atoms with Gasteiger partial charge in [-0.2, -0.15) is 13.2 Å². The Bertz CT molecular complexity index is 743. The monoisotopic (exact) mass is 373 g/mol. The predicted molar refractivity (Wildman–Crippen MR) is 93.6 cm³/mol. The van der Waals surface area contributed by atoms with Gasteiger partial charge in [-0.25, -0.2) is 4.98 Å². The zero-order valence-corrected chi connectivity index (χ0v) is 15.3. The highest BCUT2D eigenvalue weighted by Gasteiger charge is 2.31. The molecule has 0 bridgehead atoms. The van der Waals surface area contributed by atoms with Crippen molar-refractivity contribution in [2.24, 2.45) is 0 Å². The van der Waals surface area contributed by atoms with E-state index in [2.05, 4.69) is 10.3 Å². The summed E-state index contributed by atoms with van der Waals surface area (Å²) >= 11 is 1.25. The van der Waals surface area contributed by atoms with E-state index in [9.17, 15) is 18.0 Å². The molecule has 25 heavy (non-hydrogen) atoms. The van der Waals surface area contributed by atoms with Crippen LogP contribution in [0.25, 0.3) is 11.0 Å². The standard InChI is InChI=1S/C17H22F3N3OS/c1-4-8-23-14-9-12(17(18,19)20)6-7-13(14)22-16(23)25-10-15(24)21-11(3)5-2/h6-7,9,11H,4-5,8,10H2,1-3H3,(H,21,24)/t11-/m0/s1. The highest BCUT2D eigenvalue weighted by atomic mass is 32.2. The van der Waals surface area contributed by atoms with E-state index >= 15 is 0 Å². The fourth-order valence-electron chi connectivity index (χ4n) is 2.38. The fourth-order valence-corrected chi connectivity index (χ4v) is 3.23. The molecule has 1 aromatic carbocycles. The normalized spacial score (nSPS) is 13.2. The smallest absolute Gasteiger partial charge is 0.353 e. The number of nitrogens with zero attached hydrogens (tertiary/aromatic N) is 2. The third kappa shape index (κ3) is 4.90. The molecule has 8 heteroatoms. The SMILES string of the molecule is CCCn1c(SCC(=O)N[C@@H](C)CC)nc2ccc(C(F)(F)F)cc21. The molecule has 4 nitrogen and oxygen atoms in total. The van der Waals surface area contributed by atoms with Gasteiger partial charge >= 0.3 is 6.18 Å². The van der Waals surface area contributed by atoms with E-state index in [4.69, 9.17) is 0 Å². The summed E-state index contributed by atoms with van der Waals surface area (Å²) in [5.41, 5.74) is 0.260. The van der Waals surface area contributed by atoms with E-state index in [0.717, 1.165) is 25.0 Å². The van der Waals surface area contributed by atoms with E-state index in [-0.39, 0.29) is 17.7 Å². The van der Waals surface area contributed by atoms with Crippen LogP contribution >= 0.6 is 11.8 Å². The van der Waals surface area contributed by atoms with Crippen molar-refractivity contribution in [3.63, 3.8) is 0 Å². The van der Waals surface area contributed by atoms with Gasteiger partial charge in [0.15, 0.2) is 5.16 Å². The van der Waals surface area contributed by atoms with Crippen molar-refractivity contribution in [3.05, 3.63) is 23.8 Å². The highest BCUT2D eigenvalue weighted by Crippen LogP contribution is 2.33. The van der Waals surface area contributed by atoms with Crippen molar-refractivity contribution >= 4 is 28.7 Å². The first-order valence-electron chi connectivity index (χ1n) is 8.25. The number of hydrogen-bond acceptors (Lipinski definition) is 3. The minimum Gasteiger partial charge on any atom is -0.353 e. The lowest BCUT2D eigenvalue weighted by molar-refractivity contribution is -0.137. The number of aryl methyl sites for hydroxylation is 1. The van der Waals surface area contributed by atoms with Crippen LogP contribution in [0.1, 0.15) is 39.2 Å². The van der Waals surface area contributed by atoms with Gasteiger partial charge in [-0.15, -0.1) is 0 Å². The predicted octanol–water partition coefficient (Wildman–Crippen LogP) is 4.47. The van der Waals surface area contributed by atoms with Gasteiger partial charge in [0.1, 0.15) is 0 Å². The van der Waals surface area contributed by atoms with Crippen LogP contribution in [-0.2, 0) is 17.5 Å². The Kier molecular flexibility index (Phi) is 6.37. The van der Waals surface area contributed by atoms with Crippen LogP contribution < -0.4 is 5.32 Å². The first-order chi connectivity index (χ1) is 11.8. The summed E-state index contributed by atoms with van der Waals surface area (Å²) in [6.07, 6.45) is -2.79. The lowest BCUT2D eigenvalue weighted by atomic mass is 10.2. The lowest BCUT2D eigenvalue weighted by Crippen LogP contribution is -2.33. The number of hydrogen-bond donors (Lipinski definition) is 1. The molecule has 0 aliphatic heterocycles. The Balaban J connectivity index is 2.27. The van der Waals surface area contributed by atoms with Gasteiger partial charge < -0.3 is 9.88 Å². The Labute approximate surface area is 149 Å². The Morgan fingerprint density at radius 2 is 2.08 bits per heavy atom. The molecule has 0 aliphatic carbocycles. The second-order valence-corrected chi connectivity index (χ2v) is 6.86. The van der Waals surface area contributed by atoms with Crippen LogP contribution in [0.15, 0.2) is 23.4 Å². The maximum atomic E-state index is 13.0. The minimum atomic E-state index is -4.39. The van der Waals surface area contributed by atoms with E-state index in [0.29, 0.717) is 22.7 Å². The molecule has 1 N–H and O–H groups in total. The molecule has 0 unspecified atom stereocenters. The Hall–Kier alpha value is -1.70. The van der Waals surface area contributed by atoms with Crippen LogP contribution in [0.3, 0.4) is 0 Å². The molecule has 2 rings (SSSR count). The van der Waals surface area contributed by atoms with Gasteiger partial charge in [-0.3, -0.25) is 4.79 Å². The van der Waals surface area contributed by atoms with Gasteiger partial charge in [0.2, 0.25) is 5.91 Å². The fraction of sp³-hybridized carbons (Fsp3) is 0.529. The second-order valence-electron chi connectivity index (χ2n) is 5.91. The minimum absolute atomic E-state index is 0.0944. The summed E-state index contributed by atoms with van der Waals surface area (Å²) < 4.78 is 40.6. The molecule has 1 atom stereocenters. The average molecular weight is 373 g/mol. The number of carbonyl (C=O) groups is 1. The van der Waals surface area contributed by atoms with Gasteiger partial charge in [-0.1, -0.05) is 25.6 Å². The molecule has 0 radical (unpaired) electrons. The second kappa shape index (κ2) is 8.12. The van der Waals surface area contributed by atoms with Crippen molar-refractivity contribution in [1.29, 1.82) is 0 Å². The van der Waals surface area contributed by atoms with Gasteiger partial charge in [0, 0.05) is 12.6 Å². The van der Waals surface area contributed by atoms with Gasteiger partial charge in [-0.05, 0) is 38.0 Å². The molecule has 1 amide bonds. The first-order valence-corrected chi connectivity index (χ1v) is 9.24. The summed E-state index contributed by atoms with van der Waals surface area (Å²) in [6, 6.07) is 3.64. The number of thioether (sulfide) groups is 1. The number of amides is 1. The van der Waals surface area contributed by atoms with Crippen LogP contribution in [0.4, 0.5) is 13.2 Å². The molecule has 0 aliphatic rings. The number of carbonyl (C=O) groups excluding carboxylic acids is 1. The maximum absolute atomic E-state index is 13.0. The van der Waals surface area contributed by atoms with Crippen molar-refractivity contribution in [3.8, 4) is 0 Å². The zero-order valence-electron chi connectivity index (χ0n) is 14.5. The third-order valence-corrected chi connectivity index (χ3v) is 4.82. The number of aromatic nitrogens is 2. The van der Waals surface area contributed by atoms with Crippen LogP contribution in [0.5, 0.6) is 0 Å². The van der Waals surface area contributed by atoms with Crippen molar-refractivity contribution < 1.29 is 18.0 Å². The van der Waals surface area contributed by atoms with Gasteiger partial charge in [0.05, 0.1) is 22.3 Å². The maximum Gasteiger partial charge on any atom is 0.416 e. The zero-order chi connectivity index (χ0) is 18.6. The van der Waals surface area contributed by atoms with Crippen LogP contribution in [-0.4, -0.2) is 27.3 Å². The molecular formula is C17H22F3N3OS. The molecular weight excluding hydrogens is 351 g/mol. The van der Waals surface area contributed by atoms with Crippen molar-refractivity contribution in [1.82, 2.24) is 14.9 Å². The average Bonchev–Trinajstić information content (AvgIpc) is 2.89. The van der Waals surface area contributed by atoms with Crippen LogP contribution in [0.2, 0.25) is 0 Å².